The lowest BCUT2D eigenvalue weighted by Gasteiger charge is -2.25. The summed E-state index contributed by atoms with van der Waals surface area (Å²) in [6, 6.07) is 8.61. The van der Waals surface area contributed by atoms with E-state index in [1.54, 1.807) is 18.4 Å². The number of ether oxygens (including phenoxy) is 1. The Labute approximate surface area is 153 Å². The van der Waals surface area contributed by atoms with E-state index < -0.39 is 12.0 Å². The normalized spacial score (nSPS) is 19.8. The molecule has 1 fully saturated rings. The van der Waals surface area contributed by atoms with Gasteiger partial charge in [0.1, 0.15) is 29.4 Å². The van der Waals surface area contributed by atoms with Gasteiger partial charge in [-0.05, 0) is 24.3 Å². The van der Waals surface area contributed by atoms with E-state index >= 15 is 0 Å². The number of pyridine rings is 1. The van der Waals surface area contributed by atoms with Crippen molar-refractivity contribution < 1.29 is 18.7 Å². The van der Waals surface area contributed by atoms with Gasteiger partial charge in [-0.25, -0.2) is 9.78 Å². The molecule has 0 spiro atoms. The second-order valence-corrected chi connectivity index (χ2v) is 7.06. The number of nitrogens with zero attached hydrogens (tertiary/aromatic N) is 3. The van der Waals surface area contributed by atoms with Crippen molar-refractivity contribution >= 4 is 29.3 Å². The number of esters is 1. The Kier molecular flexibility index (Phi) is 4.42. The molecule has 3 aromatic heterocycles. The Morgan fingerprint density at radius 3 is 2.96 bits per heavy atom. The molecule has 1 aliphatic rings. The molecule has 0 radical (unpaired) electrons. The highest BCUT2D eigenvalue weighted by Crippen LogP contribution is 2.41. The molecule has 2 atom stereocenters. The van der Waals surface area contributed by atoms with Crippen LogP contribution in [0.2, 0.25) is 0 Å². The summed E-state index contributed by atoms with van der Waals surface area (Å²) in [5, 5.41) is -0.310. The van der Waals surface area contributed by atoms with Gasteiger partial charge in [0.05, 0.1) is 12.0 Å². The first-order valence-corrected chi connectivity index (χ1v) is 9.21. The van der Waals surface area contributed by atoms with E-state index in [4.69, 9.17) is 9.15 Å². The zero-order chi connectivity index (χ0) is 18.1. The van der Waals surface area contributed by atoms with E-state index in [9.17, 15) is 9.59 Å². The van der Waals surface area contributed by atoms with Gasteiger partial charge in [0.2, 0.25) is 5.91 Å². The van der Waals surface area contributed by atoms with Gasteiger partial charge >= 0.3 is 5.97 Å². The van der Waals surface area contributed by atoms with Crippen LogP contribution in [0.15, 0.2) is 53.4 Å². The van der Waals surface area contributed by atoms with E-state index in [0.29, 0.717) is 17.2 Å². The standard InChI is InChI=1S/C18H17N3O4S/c1-12(22)21-14(11-26-17(21)15-5-4-8-24-15)18(23)25-10-13-9-20-7-3-2-6-16(20)19-13/h2-9,14,17H,10-11H2,1H3/t14-,17-/m1/s1. The monoisotopic (exact) mass is 371 g/mol. The Hall–Kier alpha value is -2.74. The number of thioether (sulfide) groups is 1. The van der Waals surface area contributed by atoms with Gasteiger partial charge in [-0.3, -0.25) is 4.79 Å². The Morgan fingerprint density at radius 1 is 1.35 bits per heavy atom. The second-order valence-electron chi connectivity index (χ2n) is 5.95. The SMILES string of the molecule is CC(=O)N1[C@@H](C(=O)OCc2cn3ccccc3n2)CS[C@@H]1c1ccco1. The molecule has 0 bridgehead atoms. The number of aromatic nitrogens is 2. The van der Waals surface area contributed by atoms with E-state index in [-0.39, 0.29) is 17.9 Å². The Bertz CT molecular complexity index is 904. The molecular formula is C18H17N3O4S. The lowest BCUT2D eigenvalue weighted by Crippen LogP contribution is -2.42. The lowest BCUT2D eigenvalue weighted by atomic mass is 10.2. The number of amides is 1. The molecule has 1 aliphatic heterocycles. The second kappa shape index (κ2) is 6.87. The summed E-state index contributed by atoms with van der Waals surface area (Å²) >= 11 is 1.49. The summed E-state index contributed by atoms with van der Waals surface area (Å²) in [6.45, 7) is 1.52. The molecule has 4 rings (SSSR count). The van der Waals surface area contributed by atoms with Crippen molar-refractivity contribution in [2.24, 2.45) is 0 Å². The molecule has 8 heteroatoms. The molecule has 134 valence electrons. The third-order valence-corrected chi connectivity index (χ3v) is 5.48. The summed E-state index contributed by atoms with van der Waals surface area (Å²) in [4.78, 5) is 30.6. The molecule has 0 unspecified atom stereocenters. The van der Waals surface area contributed by atoms with Crippen LogP contribution in [0.5, 0.6) is 0 Å². The fourth-order valence-corrected chi connectivity index (χ4v) is 4.44. The van der Waals surface area contributed by atoms with E-state index in [1.807, 2.05) is 35.0 Å². The van der Waals surface area contributed by atoms with Gasteiger partial charge < -0.3 is 18.5 Å². The molecule has 0 N–H and O–H groups in total. The predicted molar refractivity (Wildman–Crippen MR) is 95.2 cm³/mol. The number of rotatable bonds is 4. The third-order valence-electron chi connectivity index (χ3n) is 4.20. The fourth-order valence-electron chi connectivity index (χ4n) is 3.02. The first-order valence-electron chi connectivity index (χ1n) is 8.16. The summed E-state index contributed by atoms with van der Waals surface area (Å²) in [6.07, 6.45) is 5.26. The van der Waals surface area contributed by atoms with Crippen LogP contribution in [0, 0.1) is 0 Å². The minimum atomic E-state index is -0.635. The van der Waals surface area contributed by atoms with Gasteiger partial charge in [-0.2, -0.15) is 0 Å². The average Bonchev–Trinajstić information content (AvgIpc) is 3.37. The van der Waals surface area contributed by atoms with Crippen molar-refractivity contribution in [3.63, 3.8) is 0 Å². The first-order chi connectivity index (χ1) is 12.6. The van der Waals surface area contributed by atoms with Crippen molar-refractivity contribution in [2.45, 2.75) is 24.9 Å². The summed E-state index contributed by atoms with van der Waals surface area (Å²) in [7, 11) is 0. The minimum absolute atomic E-state index is 0.0683. The van der Waals surface area contributed by atoms with Crippen molar-refractivity contribution in [1.29, 1.82) is 0 Å². The number of carbonyl (C=O) groups is 2. The van der Waals surface area contributed by atoms with Gasteiger partial charge in [0, 0.05) is 25.1 Å². The van der Waals surface area contributed by atoms with Crippen LogP contribution in [0.3, 0.4) is 0 Å². The van der Waals surface area contributed by atoms with Crippen LogP contribution in [0.1, 0.15) is 23.8 Å². The zero-order valence-corrected chi connectivity index (χ0v) is 14.9. The number of hydrogen-bond acceptors (Lipinski definition) is 6. The number of hydrogen-bond donors (Lipinski definition) is 0. The largest absolute Gasteiger partial charge is 0.466 e. The maximum Gasteiger partial charge on any atom is 0.330 e. The highest BCUT2D eigenvalue weighted by atomic mass is 32.2. The molecule has 7 nitrogen and oxygen atoms in total. The van der Waals surface area contributed by atoms with Crippen LogP contribution < -0.4 is 0 Å². The smallest absolute Gasteiger partial charge is 0.330 e. The molecule has 3 aromatic rings. The first kappa shape index (κ1) is 16.7. The maximum atomic E-state index is 12.6. The van der Waals surface area contributed by atoms with Gasteiger partial charge in [-0.1, -0.05) is 6.07 Å². The van der Waals surface area contributed by atoms with E-state index in [1.165, 1.54) is 23.6 Å². The third kappa shape index (κ3) is 3.08. The fraction of sp³-hybridized carbons (Fsp3) is 0.278. The van der Waals surface area contributed by atoms with E-state index in [2.05, 4.69) is 4.98 Å². The molecule has 0 saturated carbocycles. The predicted octanol–water partition coefficient (Wildman–Crippen LogP) is 2.63. The Balaban J connectivity index is 1.46. The Morgan fingerprint density at radius 2 is 2.23 bits per heavy atom. The van der Waals surface area contributed by atoms with Crippen molar-refractivity contribution in [3.05, 3.63) is 60.4 Å². The quantitative estimate of drug-likeness (QED) is 0.656. The van der Waals surface area contributed by atoms with Crippen LogP contribution in [-0.2, 0) is 20.9 Å². The number of imidazole rings is 1. The number of fused-ring (bicyclic) bond motifs is 1. The molecule has 0 aliphatic carbocycles. The summed E-state index contributed by atoms with van der Waals surface area (Å²) in [5.74, 6) is 0.500. The number of furan rings is 1. The average molecular weight is 371 g/mol. The molecule has 1 amide bonds. The summed E-state index contributed by atoms with van der Waals surface area (Å²) < 4.78 is 12.7. The topological polar surface area (TPSA) is 77.0 Å². The van der Waals surface area contributed by atoms with Crippen LogP contribution >= 0.6 is 11.8 Å². The molecule has 4 heterocycles. The molecular weight excluding hydrogens is 354 g/mol. The number of carbonyl (C=O) groups excluding carboxylic acids is 2. The highest BCUT2D eigenvalue weighted by molar-refractivity contribution is 7.99. The highest BCUT2D eigenvalue weighted by Gasteiger charge is 2.43. The van der Waals surface area contributed by atoms with Crippen LogP contribution in [0.25, 0.3) is 5.65 Å². The molecule has 0 aromatic carbocycles. The van der Waals surface area contributed by atoms with Crippen molar-refractivity contribution in [2.75, 3.05) is 5.75 Å². The van der Waals surface area contributed by atoms with Gasteiger partial charge in [0.25, 0.3) is 0 Å². The molecule has 26 heavy (non-hydrogen) atoms. The van der Waals surface area contributed by atoms with Crippen molar-refractivity contribution in [3.8, 4) is 0 Å². The van der Waals surface area contributed by atoms with E-state index in [0.717, 1.165) is 5.65 Å². The van der Waals surface area contributed by atoms with Crippen molar-refractivity contribution in [1.82, 2.24) is 14.3 Å². The lowest BCUT2D eigenvalue weighted by molar-refractivity contribution is -0.154. The van der Waals surface area contributed by atoms with Crippen LogP contribution in [-0.4, -0.2) is 38.0 Å². The zero-order valence-electron chi connectivity index (χ0n) is 14.1. The minimum Gasteiger partial charge on any atom is -0.466 e. The van der Waals surface area contributed by atoms with Gasteiger partial charge in [0.15, 0.2) is 0 Å². The van der Waals surface area contributed by atoms with Crippen LogP contribution in [0.4, 0.5) is 0 Å². The summed E-state index contributed by atoms with van der Waals surface area (Å²) in [5.41, 5.74) is 1.45. The van der Waals surface area contributed by atoms with Gasteiger partial charge in [-0.15, -0.1) is 11.8 Å². The maximum absolute atomic E-state index is 12.6. The molecule has 1 saturated heterocycles.